The first-order valence-corrected chi connectivity index (χ1v) is 8.94. The van der Waals surface area contributed by atoms with Gasteiger partial charge in [0.05, 0.1) is 0 Å². The van der Waals surface area contributed by atoms with E-state index in [9.17, 15) is 0 Å². The van der Waals surface area contributed by atoms with Crippen LogP contribution in [0.4, 0.5) is 0 Å². The van der Waals surface area contributed by atoms with Crippen LogP contribution in [0.3, 0.4) is 0 Å². The molecule has 1 N–H and O–H groups in total. The van der Waals surface area contributed by atoms with Crippen molar-refractivity contribution in [2.24, 2.45) is 17.3 Å². The van der Waals surface area contributed by atoms with Gasteiger partial charge in [-0.15, -0.1) is 0 Å². The van der Waals surface area contributed by atoms with E-state index in [1.54, 1.807) is 0 Å². The zero-order valence-corrected chi connectivity index (χ0v) is 14.3. The van der Waals surface area contributed by atoms with Crippen molar-refractivity contribution < 1.29 is 0 Å². The maximum atomic E-state index is 3.48. The Balaban J connectivity index is 1.75. The van der Waals surface area contributed by atoms with Crippen molar-refractivity contribution in [3.8, 4) is 0 Å². The summed E-state index contributed by atoms with van der Waals surface area (Å²) in [5.74, 6) is 1.89. The van der Waals surface area contributed by atoms with Gasteiger partial charge in [0.15, 0.2) is 0 Å². The van der Waals surface area contributed by atoms with Crippen LogP contribution in [0.5, 0.6) is 0 Å². The van der Waals surface area contributed by atoms with Gasteiger partial charge in [-0.2, -0.15) is 0 Å². The molecule has 0 bridgehead atoms. The Morgan fingerprint density at radius 1 is 1.00 bits per heavy atom. The minimum absolute atomic E-state index is 0.554. The molecule has 0 aromatic carbocycles. The highest BCUT2D eigenvalue weighted by Gasteiger charge is 2.33. The molecule has 1 heterocycles. The van der Waals surface area contributed by atoms with Crippen LogP contribution in [0, 0.1) is 17.3 Å². The number of nitrogens with one attached hydrogen (secondary N) is 1. The van der Waals surface area contributed by atoms with Gasteiger partial charge in [-0.25, -0.2) is 0 Å². The molecule has 2 aliphatic rings. The summed E-state index contributed by atoms with van der Waals surface area (Å²) in [7, 11) is 2.37. The molecule has 1 aliphatic heterocycles. The second-order valence-electron chi connectivity index (χ2n) is 7.98. The molecular weight excluding hydrogens is 244 g/mol. The van der Waals surface area contributed by atoms with Gasteiger partial charge in [0.1, 0.15) is 0 Å². The molecule has 0 unspecified atom stereocenters. The lowest BCUT2D eigenvalue weighted by Crippen LogP contribution is -2.42. The minimum Gasteiger partial charge on any atom is -0.317 e. The van der Waals surface area contributed by atoms with Crippen LogP contribution in [0.15, 0.2) is 0 Å². The predicted octanol–water partition coefficient (Wildman–Crippen LogP) is 3.91. The molecule has 0 aromatic heterocycles. The fourth-order valence-corrected chi connectivity index (χ4v) is 4.21. The average molecular weight is 280 g/mol. The Bertz CT molecular complexity index is 273. The third-order valence-corrected chi connectivity index (χ3v) is 6.34. The van der Waals surface area contributed by atoms with Gasteiger partial charge in [-0.3, -0.25) is 0 Å². The molecule has 0 spiro atoms. The fourth-order valence-electron chi connectivity index (χ4n) is 4.21. The summed E-state index contributed by atoms with van der Waals surface area (Å²) in [6, 6.07) is 0.855. The van der Waals surface area contributed by atoms with E-state index in [1.165, 1.54) is 64.6 Å². The monoisotopic (exact) mass is 280 g/mol. The molecule has 1 saturated heterocycles. The van der Waals surface area contributed by atoms with E-state index in [2.05, 4.69) is 38.0 Å². The van der Waals surface area contributed by atoms with Crippen LogP contribution >= 0.6 is 0 Å². The Hall–Kier alpha value is -0.0800. The lowest BCUT2D eigenvalue weighted by Gasteiger charge is -2.42. The van der Waals surface area contributed by atoms with Gasteiger partial charge in [0, 0.05) is 12.6 Å². The summed E-state index contributed by atoms with van der Waals surface area (Å²) in [4.78, 5) is 2.69. The molecule has 2 heteroatoms. The largest absolute Gasteiger partial charge is 0.317 e. The summed E-state index contributed by atoms with van der Waals surface area (Å²) >= 11 is 0. The SMILES string of the molecule is CCC(C)(C)C1CCC(N(C)CC2CCNCC2)CC1. The van der Waals surface area contributed by atoms with E-state index in [-0.39, 0.29) is 0 Å². The van der Waals surface area contributed by atoms with Gasteiger partial charge < -0.3 is 10.2 Å². The van der Waals surface area contributed by atoms with E-state index in [4.69, 9.17) is 0 Å². The molecule has 2 rings (SSSR count). The van der Waals surface area contributed by atoms with Crippen LogP contribution in [0.25, 0.3) is 0 Å². The number of piperidine rings is 1. The van der Waals surface area contributed by atoms with Crippen molar-refractivity contribution in [3.63, 3.8) is 0 Å². The highest BCUT2D eigenvalue weighted by molar-refractivity contribution is 4.86. The average Bonchev–Trinajstić information content (AvgIpc) is 2.48. The highest BCUT2D eigenvalue weighted by atomic mass is 15.1. The molecule has 0 amide bonds. The van der Waals surface area contributed by atoms with Crippen LogP contribution in [-0.4, -0.2) is 37.6 Å². The molecule has 20 heavy (non-hydrogen) atoms. The maximum Gasteiger partial charge on any atom is 0.00925 e. The Morgan fingerprint density at radius 2 is 1.60 bits per heavy atom. The molecule has 1 saturated carbocycles. The zero-order valence-electron chi connectivity index (χ0n) is 14.3. The quantitative estimate of drug-likeness (QED) is 0.821. The molecule has 0 radical (unpaired) electrons. The summed E-state index contributed by atoms with van der Waals surface area (Å²) in [5.41, 5.74) is 0.554. The lowest BCUT2D eigenvalue weighted by atomic mass is 9.68. The fraction of sp³-hybridized carbons (Fsp3) is 1.00. The van der Waals surface area contributed by atoms with E-state index in [0.29, 0.717) is 5.41 Å². The predicted molar refractivity (Wildman–Crippen MR) is 88.0 cm³/mol. The maximum absolute atomic E-state index is 3.48. The van der Waals surface area contributed by atoms with Gasteiger partial charge in [-0.05, 0) is 75.9 Å². The summed E-state index contributed by atoms with van der Waals surface area (Å²) < 4.78 is 0. The van der Waals surface area contributed by atoms with Gasteiger partial charge in [0.2, 0.25) is 0 Å². The Morgan fingerprint density at radius 3 is 2.15 bits per heavy atom. The topological polar surface area (TPSA) is 15.3 Å². The normalized spacial score (nSPS) is 29.9. The zero-order chi connectivity index (χ0) is 14.6. The van der Waals surface area contributed by atoms with Crippen LogP contribution < -0.4 is 5.32 Å². The third kappa shape index (κ3) is 4.21. The van der Waals surface area contributed by atoms with E-state index in [1.807, 2.05) is 0 Å². The number of hydrogen-bond acceptors (Lipinski definition) is 2. The molecule has 0 aromatic rings. The highest BCUT2D eigenvalue weighted by Crippen LogP contribution is 2.41. The Kier molecular flexibility index (Phi) is 5.92. The second kappa shape index (κ2) is 7.26. The minimum atomic E-state index is 0.554. The van der Waals surface area contributed by atoms with Crippen molar-refractivity contribution in [1.29, 1.82) is 0 Å². The smallest absolute Gasteiger partial charge is 0.00925 e. The first-order valence-electron chi connectivity index (χ1n) is 8.94. The molecule has 0 atom stereocenters. The number of hydrogen-bond donors (Lipinski definition) is 1. The van der Waals surface area contributed by atoms with E-state index < -0.39 is 0 Å². The van der Waals surface area contributed by atoms with Crippen molar-refractivity contribution in [2.45, 2.75) is 71.8 Å². The van der Waals surface area contributed by atoms with Crippen LogP contribution in [-0.2, 0) is 0 Å². The van der Waals surface area contributed by atoms with Crippen molar-refractivity contribution in [3.05, 3.63) is 0 Å². The second-order valence-corrected chi connectivity index (χ2v) is 7.98. The van der Waals surface area contributed by atoms with Crippen LogP contribution in [0.1, 0.15) is 65.7 Å². The molecule has 2 nitrogen and oxygen atoms in total. The van der Waals surface area contributed by atoms with Gasteiger partial charge >= 0.3 is 0 Å². The summed E-state index contributed by atoms with van der Waals surface area (Å²) in [5, 5.41) is 3.48. The number of rotatable bonds is 5. The molecular formula is C18H36N2. The first kappa shape index (κ1) is 16.3. The van der Waals surface area contributed by atoms with Crippen molar-refractivity contribution in [2.75, 3.05) is 26.7 Å². The third-order valence-electron chi connectivity index (χ3n) is 6.34. The van der Waals surface area contributed by atoms with Gasteiger partial charge in [-0.1, -0.05) is 27.2 Å². The van der Waals surface area contributed by atoms with Crippen LogP contribution in [0.2, 0.25) is 0 Å². The molecule has 2 fully saturated rings. The Labute approximate surface area is 126 Å². The van der Waals surface area contributed by atoms with Crippen molar-refractivity contribution >= 4 is 0 Å². The van der Waals surface area contributed by atoms with Gasteiger partial charge in [0.25, 0.3) is 0 Å². The van der Waals surface area contributed by atoms with E-state index >= 15 is 0 Å². The summed E-state index contributed by atoms with van der Waals surface area (Å²) in [6.45, 7) is 11.1. The standard InChI is InChI=1S/C18H36N2/c1-5-18(2,3)16-6-8-17(9-7-16)20(4)14-15-10-12-19-13-11-15/h15-17,19H,5-14H2,1-4H3. The summed E-state index contributed by atoms with van der Waals surface area (Å²) in [6.07, 6.45) is 9.83. The lowest BCUT2D eigenvalue weighted by molar-refractivity contribution is 0.0871. The first-order chi connectivity index (χ1) is 9.53. The molecule has 1 aliphatic carbocycles. The van der Waals surface area contributed by atoms with Crippen molar-refractivity contribution in [1.82, 2.24) is 10.2 Å². The number of nitrogens with zero attached hydrogens (tertiary/aromatic N) is 1. The molecule has 118 valence electrons. The van der Waals surface area contributed by atoms with E-state index in [0.717, 1.165) is 17.9 Å².